The summed E-state index contributed by atoms with van der Waals surface area (Å²) in [4.78, 5) is 18.5. The number of nitrogens with zero attached hydrogens (tertiary/aromatic N) is 1. The van der Waals surface area contributed by atoms with E-state index in [1.807, 2.05) is 29.6 Å². The largest absolute Gasteiger partial charge is 0.466 e. The van der Waals surface area contributed by atoms with E-state index < -0.39 is 5.54 Å². The molecule has 3 rings (SSSR count). The highest BCUT2D eigenvalue weighted by Crippen LogP contribution is 2.45. The predicted octanol–water partition coefficient (Wildman–Crippen LogP) is 2.39. The van der Waals surface area contributed by atoms with Gasteiger partial charge in [0.15, 0.2) is 0 Å². The van der Waals surface area contributed by atoms with Gasteiger partial charge in [0.05, 0.1) is 29.8 Å². The smallest absolute Gasteiger partial charge is 0.308 e. The Labute approximate surface area is 144 Å². The summed E-state index contributed by atoms with van der Waals surface area (Å²) in [6.07, 6.45) is 4.43. The molecule has 2 atom stereocenters. The number of hydrogen-bond donors (Lipinski definition) is 2. The number of hydrazine groups is 1. The molecule has 2 aliphatic heterocycles. The third-order valence-electron chi connectivity index (χ3n) is 4.36. The standard InChI is InChI=1S/C15H20ClN3O3S/c1-2-21-13(20)9-15(19-6-7-22-18-19)4-5-17-10-11(15)14-12(16)3-8-23-14/h3,6-8,11,17-18H,2,4-5,9-10H2,1H3. The van der Waals surface area contributed by atoms with E-state index in [0.29, 0.717) is 6.61 Å². The number of piperidine rings is 1. The van der Waals surface area contributed by atoms with Crippen LogP contribution in [0.3, 0.4) is 0 Å². The number of rotatable bonds is 5. The zero-order valence-electron chi connectivity index (χ0n) is 12.9. The maximum Gasteiger partial charge on any atom is 0.308 e. The lowest BCUT2D eigenvalue weighted by Crippen LogP contribution is -2.61. The quantitative estimate of drug-likeness (QED) is 0.789. The normalized spacial score (nSPS) is 27.0. The second-order valence-corrected chi connectivity index (χ2v) is 6.94. The van der Waals surface area contributed by atoms with E-state index in [2.05, 4.69) is 10.9 Å². The molecule has 23 heavy (non-hydrogen) atoms. The maximum atomic E-state index is 12.3. The molecular formula is C15H20ClN3O3S. The van der Waals surface area contributed by atoms with Gasteiger partial charge in [-0.25, -0.2) is 0 Å². The Hall–Kier alpha value is -1.28. The summed E-state index contributed by atoms with van der Waals surface area (Å²) in [6, 6.07) is 1.90. The first-order chi connectivity index (χ1) is 11.2. The van der Waals surface area contributed by atoms with Gasteiger partial charge in [-0.05, 0) is 31.3 Å². The van der Waals surface area contributed by atoms with Crippen LogP contribution in [0.2, 0.25) is 5.02 Å². The van der Waals surface area contributed by atoms with Crippen LogP contribution in [0.1, 0.15) is 30.6 Å². The van der Waals surface area contributed by atoms with Gasteiger partial charge in [0.1, 0.15) is 6.26 Å². The molecule has 0 spiro atoms. The summed E-state index contributed by atoms with van der Waals surface area (Å²) >= 11 is 8.00. The second-order valence-electron chi connectivity index (χ2n) is 5.59. The highest BCUT2D eigenvalue weighted by molar-refractivity contribution is 7.10. The van der Waals surface area contributed by atoms with Crippen molar-refractivity contribution in [2.24, 2.45) is 0 Å². The fourth-order valence-electron chi connectivity index (χ4n) is 3.30. The molecule has 1 aromatic heterocycles. The van der Waals surface area contributed by atoms with Crippen molar-refractivity contribution in [2.45, 2.75) is 31.2 Å². The molecule has 2 N–H and O–H groups in total. The first-order valence-electron chi connectivity index (χ1n) is 7.64. The van der Waals surface area contributed by atoms with E-state index in [4.69, 9.17) is 21.2 Å². The fraction of sp³-hybridized carbons (Fsp3) is 0.533. The molecule has 126 valence electrons. The van der Waals surface area contributed by atoms with E-state index in [1.54, 1.807) is 17.6 Å². The minimum atomic E-state index is -0.487. The summed E-state index contributed by atoms with van der Waals surface area (Å²) < 4.78 is 5.22. The third kappa shape index (κ3) is 3.19. The molecule has 0 saturated carbocycles. The fourth-order valence-corrected chi connectivity index (χ4v) is 4.70. The lowest BCUT2D eigenvalue weighted by molar-refractivity contribution is -0.150. The van der Waals surface area contributed by atoms with Crippen molar-refractivity contribution >= 4 is 28.9 Å². The highest BCUT2D eigenvalue weighted by Gasteiger charge is 2.49. The summed E-state index contributed by atoms with van der Waals surface area (Å²) in [5.41, 5.74) is 2.39. The second kappa shape index (κ2) is 7.09. The summed E-state index contributed by atoms with van der Waals surface area (Å²) in [7, 11) is 0. The van der Waals surface area contributed by atoms with E-state index in [1.165, 1.54) is 0 Å². The average Bonchev–Trinajstić information content (AvgIpc) is 3.19. The van der Waals surface area contributed by atoms with Crippen LogP contribution in [0.4, 0.5) is 0 Å². The molecule has 1 fully saturated rings. The van der Waals surface area contributed by atoms with Gasteiger partial charge in [-0.3, -0.25) is 9.80 Å². The van der Waals surface area contributed by atoms with Crippen LogP contribution in [0.25, 0.3) is 0 Å². The van der Waals surface area contributed by atoms with Crippen molar-refractivity contribution in [3.63, 3.8) is 0 Å². The number of halogens is 1. The van der Waals surface area contributed by atoms with Crippen molar-refractivity contribution in [3.8, 4) is 0 Å². The molecule has 0 amide bonds. The van der Waals surface area contributed by atoms with Gasteiger partial charge in [0, 0.05) is 17.3 Å². The zero-order valence-corrected chi connectivity index (χ0v) is 14.5. The van der Waals surface area contributed by atoms with Crippen LogP contribution >= 0.6 is 22.9 Å². The Morgan fingerprint density at radius 3 is 3.17 bits per heavy atom. The molecule has 0 aromatic carbocycles. The van der Waals surface area contributed by atoms with Gasteiger partial charge in [-0.15, -0.1) is 11.3 Å². The van der Waals surface area contributed by atoms with Crippen LogP contribution in [-0.2, 0) is 14.4 Å². The molecule has 1 saturated heterocycles. The Balaban J connectivity index is 1.97. The number of thiophene rings is 1. The summed E-state index contributed by atoms with van der Waals surface area (Å²) in [5, 5.41) is 8.01. The first kappa shape index (κ1) is 16.6. The summed E-state index contributed by atoms with van der Waals surface area (Å²) in [5.74, 6) is -0.166. The highest BCUT2D eigenvalue weighted by atomic mass is 35.5. The third-order valence-corrected chi connectivity index (χ3v) is 5.83. The molecule has 2 aliphatic rings. The van der Waals surface area contributed by atoms with E-state index in [-0.39, 0.29) is 18.3 Å². The average molecular weight is 358 g/mol. The van der Waals surface area contributed by atoms with E-state index in [0.717, 1.165) is 29.4 Å². The maximum absolute atomic E-state index is 12.3. The van der Waals surface area contributed by atoms with Crippen LogP contribution in [0, 0.1) is 0 Å². The number of carbonyl (C=O) groups is 1. The van der Waals surface area contributed by atoms with E-state index in [9.17, 15) is 4.79 Å². The zero-order chi connectivity index (χ0) is 16.3. The molecule has 3 heterocycles. The number of carbonyl (C=O) groups excluding carboxylic acids is 1. The Morgan fingerprint density at radius 1 is 1.65 bits per heavy atom. The molecule has 6 nitrogen and oxygen atoms in total. The molecule has 2 unspecified atom stereocenters. The molecule has 1 aromatic rings. The number of nitrogens with one attached hydrogen (secondary N) is 2. The monoisotopic (exact) mass is 357 g/mol. The Bertz CT molecular complexity index is 594. The lowest BCUT2D eigenvalue weighted by Gasteiger charge is -2.48. The van der Waals surface area contributed by atoms with Gasteiger partial charge in [-0.2, -0.15) is 0 Å². The number of esters is 1. The van der Waals surface area contributed by atoms with Gasteiger partial charge in [-0.1, -0.05) is 17.2 Å². The SMILES string of the molecule is CCOC(=O)CC1(N2C=CON2)CCNCC1c1sccc1Cl. The van der Waals surface area contributed by atoms with Gasteiger partial charge < -0.3 is 14.9 Å². The number of ether oxygens (including phenoxy) is 1. The minimum absolute atomic E-state index is 0.0482. The molecular weight excluding hydrogens is 338 g/mol. The van der Waals surface area contributed by atoms with Crippen molar-refractivity contribution in [1.82, 2.24) is 15.9 Å². The molecule has 8 heteroatoms. The first-order valence-corrected chi connectivity index (χ1v) is 8.89. The number of hydrogen-bond acceptors (Lipinski definition) is 7. The van der Waals surface area contributed by atoms with Gasteiger partial charge in [0.25, 0.3) is 0 Å². The van der Waals surface area contributed by atoms with Crippen molar-refractivity contribution in [1.29, 1.82) is 0 Å². The summed E-state index contributed by atoms with van der Waals surface area (Å²) in [6.45, 7) is 3.74. The van der Waals surface area contributed by atoms with Crippen LogP contribution in [0.5, 0.6) is 0 Å². The van der Waals surface area contributed by atoms with Crippen molar-refractivity contribution < 1.29 is 14.4 Å². The minimum Gasteiger partial charge on any atom is -0.466 e. The molecule has 0 radical (unpaired) electrons. The van der Waals surface area contributed by atoms with Crippen LogP contribution in [-0.4, -0.2) is 36.2 Å². The van der Waals surface area contributed by atoms with Crippen LogP contribution in [0.15, 0.2) is 23.9 Å². The van der Waals surface area contributed by atoms with Gasteiger partial charge in [0.2, 0.25) is 0 Å². The Morgan fingerprint density at radius 2 is 2.52 bits per heavy atom. The topological polar surface area (TPSA) is 62.8 Å². The Kier molecular flexibility index (Phi) is 5.11. The molecule has 0 aliphatic carbocycles. The van der Waals surface area contributed by atoms with E-state index >= 15 is 0 Å². The lowest BCUT2D eigenvalue weighted by atomic mass is 9.74. The van der Waals surface area contributed by atoms with Crippen molar-refractivity contribution in [3.05, 3.63) is 33.8 Å². The predicted molar refractivity (Wildman–Crippen MR) is 88.7 cm³/mol. The van der Waals surface area contributed by atoms with Gasteiger partial charge >= 0.3 is 5.97 Å². The molecule has 0 bridgehead atoms. The van der Waals surface area contributed by atoms with Crippen LogP contribution < -0.4 is 10.9 Å². The van der Waals surface area contributed by atoms with Crippen molar-refractivity contribution in [2.75, 3.05) is 19.7 Å².